The Morgan fingerprint density at radius 1 is 0.811 bits per heavy atom. The zero-order valence-electron chi connectivity index (χ0n) is 21.0. The third-order valence-corrected chi connectivity index (χ3v) is 8.22. The van der Waals surface area contributed by atoms with Gasteiger partial charge < -0.3 is 4.90 Å². The molecule has 5 aliphatic rings. The summed E-state index contributed by atoms with van der Waals surface area (Å²) >= 11 is 0. The van der Waals surface area contributed by atoms with Gasteiger partial charge in [0.2, 0.25) is 0 Å². The monoisotopic (exact) mass is 475 g/mol. The van der Waals surface area contributed by atoms with Crippen molar-refractivity contribution in [3.8, 4) is 11.8 Å². The molecule has 2 aromatic carbocycles. The second-order valence-electron chi connectivity index (χ2n) is 10.2. The van der Waals surface area contributed by atoms with Crippen molar-refractivity contribution >= 4 is 17.3 Å². The molecule has 0 saturated heterocycles. The third-order valence-electron chi connectivity index (χ3n) is 8.22. The van der Waals surface area contributed by atoms with Gasteiger partial charge in [0.15, 0.2) is 0 Å². The van der Waals surface area contributed by atoms with Gasteiger partial charge in [-0.3, -0.25) is 0 Å². The number of aryl methyl sites for hydroxylation is 1. The van der Waals surface area contributed by atoms with E-state index < -0.39 is 0 Å². The van der Waals surface area contributed by atoms with Crippen LogP contribution in [0.3, 0.4) is 0 Å². The molecule has 5 aliphatic carbocycles. The Labute approximate surface area is 219 Å². The number of benzene rings is 2. The number of anilines is 1. The lowest BCUT2D eigenvalue weighted by Crippen LogP contribution is -2.47. The molecule has 37 heavy (non-hydrogen) atoms. The fraction of sp³-hybridized carbons (Fsp3) is 0.167. The van der Waals surface area contributed by atoms with Crippen LogP contribution in [0, 0.1) is 29.6 Å². The number of allylic oxidation sites excluding steroid dienone is 13. The maximum Gasteiger partial charge on any atom is 0.0710 e. The highest BCUT2D eigenvalue weighted by atomic mass is 15.2. The summed E-state index contributed by atoms with van der Waals surface area (Å²) in [5.74, 6) is 7.71. The van der Waals surface area contributed by atoms with Crippen molar-refractivity contribution in [1.82, 2.24) is 0 Å². The molecule has 4 atom stereocenters. The van der Waals surface area contributed by atoms with Crippen LogP contribution in [0.4, 0.5) is 5.69 Å². The van der Waals surface area contributed by atoms with E-state index >= 15 is 0 Å². The largest absolute Gasteiger partial charge is 0.333 e. The summed E-state index contributed by atoms with van der Waals surface area (Å²) in [6.45, 7) is 2.22. The average molecular weight is 476 g/mol. The Morgan fingerprint density at radius 3 is 2.49 bits per heavy atom. The second kappa shape index (κ2) is 8.99. The van der Waals surface area contributed by atoms with Crippen LogP contribution in [-0.4, -0.2) is 6.04 Å². The van der Waals surface area contributed by atoms with Crippen molar-refractivity contribution in [2.24, 2.45) is 17.8 Å². The molecule has 0 saturated carbocycles. The van der Waals surface area contributed by atoms with Crippen molar-refractivity contribution in [2.75, 3.05) is 4.90 Å². The first-order chi connectivity index (χ1) is 18.3. The van der Waals surface area contributed by atoms with E-state index in [-0.39, 0.29) is 12.0 Å². The molecule has 0 radical (unpaired) electrons. The Hall–Kier alpha value is -4.28. The van der Waals surface area contributed by atoms with Gasteiger partial charge in [0.25, 0.3) is 0 Å². The lowest BCUT2D eigenvalue weighted by atomic mass is 9.72. The van der Waals surface area contributed by atoms with Crippen molar-refractivity contribution in [3.05, 3.63) is 148 Å². The Kier molecular flexibility index (Phi) is 5.33. The molecule has 0 amide bonds. The molecule has 0 aromatic heterocycles. The highest BCUT2D eigenvalue weighted by molar-refractivity contribution is 5.76. The zero-order chi connectivity index (χ0) is 24.8. The molecular formula is C36H29N. The maximum absolute atomic E-state index is 3.61. The van der Waals surface area contributed by atoms with E-state index in [2.05, 4.69) is 139 Å². The SMILES string of the molecule is CCc1ccc(N(C2=C3C=CC=CC3C3C=CC=CC3=C2)C2C=c3ccccc3=C3C=CC#CC32)cc1. The van der Waals surface area contributed by atoms with Gasteiger partial charge in [-0.05, 0) is 69.5 Å². The van der Waals surface area contributed by atoms with Crippen LogP contribution >= 0.6 is 0 Å². The normalized spacial score (nSPS) is 25.8. The van der Waals surface area contributed by atoms with Gasteiger partial charge >= 0.3 is 0 Å². The van der Waals surface area contributed by atoms with E-state index in [0.717, 1.165) is 6.42 Å². The Balaban J connectivity index is 1.48. The molecule has 0 spiro atoms. The first-order valence-electron chi connectivity index (χ1n) is 13.3. The van der Waals surface area contributed by atoms with E-state index in [4.69, 9.17) is 0 Å². The molecule has 0 aliphatic heterocycles. The number of fused-ring (bicyclic) bond motifs is 5. The molecule has 7 rings (SSSR count). The Bertz CT molecular complexity index is 1670. The van der Waals surface area contributed by atoms with E-state index in [0.29, 0.717) is 11.8 Å². The fourth-order valence-corrected chi connectivity index (χ4v) is 6.37. The molecule has 0 N–H and O–H groups in total. The van der Waals surface area contributed by atoms with Crippen LogP contribution in [0.5, 0.6) is 0 Å². The third kappa shape index (κ3) is 3.64. The predicted octanol–water partition coefficient (Wildman–Crippen LogP) is 5.94. The molecule has 0 bridgehead atoms. The highest BCUT2D eigenvalue weighted by Gasteiger charge is 2.37. The molecular weight excluding hydrogens is 446 g/mol. The van der Waals surface area contributed by atoms with Gasteiger partial charge in [-0.2, -0.15) is 0 Å². The summed E-state index contributed by atoms with van der Waals surface area (Å²) in [6.07, 6.45) is 28.2. The number of hydrogen-bond acceptors (Lipinski definition) is 1. The number of nitrogens with zero attached hydrogens (tertiary/aromatic N) is 1. The quantitative estimate of drug-likeness (QED) is 0.495. The second-order valence-corrected chi connectivity index (χ2v) is 10.2. The van der Waals surface area contributed by atoms with Crippen LogP contribution in [0.1, 0.15) is 12.5 Å². The summed E-state index contributed by atoms with van der Waals surface area (Å²) in [7, 11) is 0. The minimum absolute atomic E-state index is 0.0776. The van der Waals surface area contributed by atoms with Gasteiger partial charge in [0.1, 0.15) is 0 Å². The molecule has 0 fully saturated rings. The van der Waals surface area contributed by atoms with E-state index in [1.165, 1.54) is 44.1 Å². The minimum Gasteiger partial charge on any atom is -0.333 e. The topological polar surface area (TPSA) is 3.24 Å². The average Bonchev–Trinajstić information content (AvgIpc) is 2.98. The number of rotatable bonds is 4. The summed E-state index contributed by atoms with van der Waals surface area (Å²) in [5.41, 5.74) is 7.91. The van der Waals surface area contributed by atoms with Gasteiger partial charge in [-0.15, -0.1) is 0 Å². The molecule has 4 unspecified atom stereocenters. The maximum atomic E-state index is 3.61. The van der Waals surface area contributed by atoms with Crippen LogP contribution < -0.4 is 15.3 Å². The van der Waals surface area contributed by atoms with Crippen molar-refractivity contribution in [1.29, 1.82) is 0 Å². The number of hydrogen-bond donors (Lipinski definition) is 0. The minimum atomic E-state index is 0.0776. The molecule has 1 nitrogen and oxygen atoms in total. The van der Waals surface area contributed by atoms with E-state index in [1.807, 2.05) is 6.08 Å². The van der Waals surface area contributed by atoms with E-state index in [1.54, 1.807) is 0 Å². The van der Waals surface area contributed by atoms with Crippen LogP contribution in [0.15, 0.2) is 132 Å². The van der Waals surface area contributed by atoms with Crippen molar-refractivity contribution in [2.45, 2.75) is 19.4 Å². The summed E-state index contributed by atoms with van der Waals surface area (Å²) in [5, 5.41) is 2.58. The highest BCUT2D eigenvalue weighted by Crippen LogP contribution is 2.44. The van der Waals surface area contributed by atoms with Crippen LogP contribution in [0.25, 0.3) is 11.6 Å². The first kappa shape index (κ1) is 22.0. The molecule has 0 heterocycles. The Morgan fingerprint density at radius 2 is 1.62 bits per heavy atom. The molecule has 1 heteroatoms. The summed E-state index contributed by atoms with van der Waals surface area (Å²) in [6, 6.07) is 18.0. The zero-order valence-corrected chi connectivity index (χ0v) is 21.0. The van der Waals surface area contributed by atoms with Crippen molar-refractivity contribution < 1.29 is 0 Å². The van der Waals surface area contributed by atoms with Gasteiger partial charge in [-0.1, -0.05) is 110 Å². The van der Waals surface area contributed by atoms with Crippen LogP contribution in [-0.2, 0) is 6.42 Å². The smallest absolute Gasteiger partial charge is 0.0710 e. The predicted molar refractivity (Wildman–Crippen MR) is 155 cm³/mol. The lowest BCUT2D eigenvalue weighted by molar-refractivity contribution is 0.594. The first-order valence-corrected chi connectivity index (χ1v) is 13.3. The standard InChI is InChI=1S/C36H29N/c1-2-25-19-21-28(22-20-25)37(35-23-26-11-3-5-13-29(26)31-15-7-9-17-33(31)35)36-24-27-12-4-6-14-30(27)32-16-8-10-18-34(32)36/h3-9,11-17,19-24,29,31,34,36H,2H2,1H3. The van der Waals surface area contributed by atoms with Crippen molar-refractivity contribution in [3.63, 3.8) is 0 Å². The van der Waals surface area contributed by atoms with E-state index in [9.17, 15) is 0 Å². The molecule has 178 valence electrons. The van der Waals surface area contributed by atoms with Gasteiger partial charge in [0, 0.05) is 23.2 Å². The summed E-state index contributed by atoms with van der Waals surface area (Å²) < 4.78 is 0. The lowest BCUT2D eigenvalue weighted by Gasteiger charge is -2.43. The molecule has 2 aromatic rings. The summed E-state index contributed by atoms with van der Waals surface area (Å²) in [4.78, 5) is 2.56. The fourth-order valence-electron chi connectivity index (χ4n) is 6.37. The van der Waals surface area contributed by atoms with Gasteiger partial charge in [-0.25, -0.2) is 0 Å². The van der Waals surface area contributed by atoms with Crippen LogP contribution in [0.2, 0.25) is 0 Å². The van der Waals surface area contributed by atoms with Gasteiger partial charge in [0.05, 0.1) is 12.0 Å².